The summed E-state index contributed by atoms with van der Waals surface area (Å²) in [5.74, 6) is 0. The van der Waals surface area contributed by atoms with Crippen molar-refractivity contribution in [1.29, 1.82) is 0 Å². The maximum Gasteiger partial charge on any atom is 0.325 e. The zero-order valence-electron chi connectivity index (χ0n) is 15.2. The van der Waals surface area contributed by atoms with E-state index < -0.39 is 15.7 Å². The Labute approximate surface area is 153 Å². The van der Waals surface area contributed by atoms with E-state index in [0.717, 1.165) is 48.8 Å². The second-order valence-electron chi connectivity index (χ2n) is 6.90. The first-order valence-corrected chi connectivity index (χ1v) is 10.4. The second-order valence-corrected chi connectivity index (χ2v) is 8.46. The first kappa shape index (κ1) is 18.6. The van der Waals surface area contributed by atoms with Gasteiger partial charge < -0.3 is 4.90 Å². The molecule has 1 aromatic heterocycles. The lowest BCUT2D eigenvalue weighted by Crippen LogP contribution is -2.36. The van der Waals surface area contributed by atoms with Crippen molar-refractivity contribution in [2.24, 2.45) is 0 Å². The Balaban J connectivity index is 2.10. The van der Waals surface area contributed by atoms with Gasteiger partial charge in [-0.3, -0.25) is 9.08 Å². The molecule has 0 radical (unpaired) electrons. The largest absolute Gasteiger partial charge is 0.325 e. The van der Waals surface area contributed by atoms with E-state index in [0.29, 0.717) is 22.5 Å². The van der Waals surface area contributed by atoms with E-state index in [1.165, 1.54) is 0 Å². The lowest BCUT2D eigenvalue weighted by molar-refractivity contribution is 0.224. The highest BCUT2D eigenvalue weighted by Gasteiger charge is 2.23. The fraction of sp³-hybridized carbons (Fsp3) is 0.444. The summed E-state index contributed by atoms with van der Waals surface area (Å²) in [6.07, 6.45) is 4.14. The molecule has 140 valence electrons. The van der Waals surface area contributed by atoms with Crippen LogP contribution in [0.4, 0.5) is 0 Å². The highest BCUT2D eigenvalue weighted by atomic mass is 32.2. The lowest BCUT2D eigenvalue weighted by Gasteiger charge is -2.19. The van der Waals surface area contributed by atoms with Crippen molar-refractivity contribution in [2.75, 3.05) is 20.4 Å². The first-order valence-electron chi connectivity index (χ1n) is 8.53. The Bertz CT molecular complexity index is 963. The third kappa shape index (κ3) is 4.13. The van der Waals surface area contributed by atoms with Gasteiger partial charge in [0.1, 0.15) is 0 Å². The molecule has 0 aliphatic heterocycles. The van der Waals surface area contributed by atoms with E-state index in [-0.39, 0.29) is 0 Å². The van der Waals surface area contributed by atoms with Gasteiger partial charge in [-0.15, -0.1) is 5.10 Å². The Morgan fingerprint density at radius 2 is 1.73 bits per heavy atom. The zero-order chi connectivity index (χ0) is 18.9. The number of benzene rings is 1. The third-order valence-corrected chi connectivity index (χ3v) is 4.72. The Morgan fingerprint density at radius 1 is 1.12 bits per heavy atom. The van der Waals surface area contributed by atoms with Gasteiger partial charge in [0.25, 0.3) is 0 Å². The molecule has 7 nitrogen and oxygen atoms in total. The lowest BCUT2D eigenvalue weighted by atomic mass is 9.90. The number of hydrogen-bond donors (Lipinski definition) is 0. The van der Waals surface area contributed by atoms with Crippen LogP contribution in [0.3, 0.4) is 0 Å². The number of aromatic nitrogens is 2. The van der Waals surface area contributed by atoms with Crippen LogP contribution in [0.1, 0.15) is 29.5 Å². The Kier molecular flexibility index (Phi) is 5.15. The van der Waals surface area contributed by atoms with Gasteiger partial charge in [-0.2, -0.15) is 8.42 Å². The van der Waals surface area contributed by atoms with Crippen molar-refractivity contribution in [3.8, 4) is 11.3 Å². The zero-order valence-corrected chi connectivity index (χ0v) is 16.0. The maximum atomic E-state index is 12.6. The van der Waals surface area contributed by atoms with Crippen molar-refractivity contribution in [1.82, 2.24) is 14.8 Å². The quantitative estimate of drug-likeness (QED) is 0.780. The van der Waals surface area contributed by atoms with Crippen molar-refractivity contribution < 1.29 is 12.7 Å². The van der Waals surface area contributed by atoms with Crippen LogP contribution < -0.4 is 9.84 Å². The minimum atomic E-state index is -3.85. The molecule has 1 aliphatic carbocycles. The molecule has 0 saturated carbocycles. The van der Waals surface area contributed by atoms with Gasteiger partial charge in [0.05, 0.1) is 11.9 Å². The average molecular weight is 377 g/mol. The molecule has 1 aliphatic rings. The summed E-state index contributed by atoms with van der Waals surface area (Å²) in [4.78, 5) is 15.2. The van der Waals surface area contributed by atoms with Gasteiger partial charge in [-0.05, 0) is 55.8 Å². The van der Waals surface area contributed by atoms with Crippen LogP contribution in [0, 0.1) is 0 Å². The van der Waals surface area contributed by atoms with Gasteiger partial charge in [0.2, 0.25) is 0 Å². The van der Waals surface area contributed by atoms with Gasteiger partial charge in [-0.25, -0.2) is 0 Å². The highest BCUT2D eigenvalue weighted by Crippen LogP contribution is 2.28. The van der Waals surface area contributed by atoms with Crippen LogP contribution in [0.25, 0.3) is 11.3 Å². The molecule has 0 fully saturated rings. The third-order valence-electron chi connectivity index (χ3n) is 4.31. The average Bonchev–Trinajstić information content (AvgIpc) is 2.57. The molecule has 0 saturated heterocycles. The van der Waals surface area contributed by atoms with E-state index in [4.69, 9.17) is 4.28 Å². The molecule has 0 bridgehead atoms. The van der Waals surface area contributed by atoms with Crippen LogP contribution in [0.15, 0.2) is 29.1 Å². The Hall–Kier alpha value is -2.19. The van der Waals surface area contributed by atoms with Crippen LogP contribution in [0.5, 0.6) is 0 Å². The summed E-state index contributed by atoms with van der Waals surface area (Å²) in [6.45, 7) is 0.822. The van der Waals surface area contributed by atoms with Crippen molar-refractivity contribution >= 4 is 10.1 Å². The molecule has 0 N–H and O–H groups in total. The predicted molar refractivity (Wildman–Crippen MR) is 99.4 cm³/mol. The van der Waals surface area contributed by atoms with Crippen molar-refractivity contribution in [2.45, 2.75) is 32.2 Å². The van der Waals surface area contributed by atoms with Gasteiger partial charge in [0.15, 0.2) is 0 Å². The van der Waals surface area contributed by atoms with Gasteiger partial charge in [0, 0.05) is 17.7 Å². The second kappa shape index (κ2) is 7.20. The molecule has 0 atom stereocenters. The number of fused-ring (bicyclic) bond motifs is 1. The summed E-state index contributed by atoms with van der Waals surface area (Å²) in [5.41, 5.74) is 3.62. The van der Waals surface area contributed by atoms with E-state index in [2.05, 4.69) is 10.00 Å². The fourth-order valence-corrected chi connectivity index (χ4v) is 3.62. The SMILES string of the molecule is CN(C)Cc1ccc(-c2nn(OS(C)(=O)=O)c(=O)c3c2CCCC3)cc1. The van der Waals surface area contributed by atoms with Gasteiger partial charge in [-0.1, -0.05) is 24.3 Å². The summed E-state index contributed by atoms with van der Waals surface area (Å²) in [7, 11) is 0.158. The highest BCUT2D eigenvalue weighted by molar-refractivity contribution is 7.86. The maximum absolute atomic E-state index is 12.6. The molecule has 3 rings (SSSR count). The van der Waals surface area contributed by atoms with E-state index in [1.54, 1.807) is 0 Å². The number of hydrogen-bond acceptors (Lipinski definition) is 6. The molecule has 8 heteroatoms. The molecule has 1 aromatic carbocycles. The molecule has 2 aromatic rings. The standard InChI is InChI=1S/C18H23N3O4S/c1-20(2)12-13-8-10-14(11-9-13)17-15-6-4-5-7-16(15)18(22)21(19-17)25-26(3,23)24/h8-11H,4-7,12H2,1-3H3. The first-order chi connectivity index (χ1) is 12.2. The molecule has 0 amide bonds. The monoisotopic (exact) mass is 377 g/mol. The molecule has 1 heterocycles. The summed E-state index contributed by atoms with van der Waals surface area (Å²) in [6, 6.07) is 7.93. The molecular formula is C18H23N3O4S. The normalized spacial score (nSPS) is 14.3. The summed E-state index contributed by atoms with van der Waals surface area (Å²) < 4.78 is 27.8. The van der Waals surface area contributed by atoms with Crippen molar-refractivity contribution in [3.63, 3.8) is 0 Å². The summed E-state index contributed by atoms with van der Waals surface area (Å²) >= 11 is 0. The predicted octanol–water partition coefficient (Wildman–Crippen LogP) is 1.24. The molecule has 0 unspecified atom stereocenters. The van der Waals surface area contributed by atoms with Crippen LogP contribution in [-0.4, -0.2) is 43.6 Å². The van der Waals surface area contributed by atoms with Crippen LogP contribution >= 0.6 is 0 Å². The number of nitrogens with zero attached hydrogens (tertiary/aromatic N) is 3. The smallest absolute Gasteiger partial charge is 0.305 e. The van der Waals surface area contributed by atoms with E-state index in [1.807, 2.05) is 38.4 Å². The van der Waals surface area contributed by atoms with Gasteiger partial charge >= 0.3 is 15.7 Å². The van der Waals surface area contributed by atoms with Crippen molar-refractivity contribution in [3.05, 3.63) is 51.3 Å². The minimum Gasteiger partial charge on any atom is -0.305 e. The van der Waals surface area contributed by atoms with Crippen LogP contribution in [-0.2, 0) is 29.5 Å². The molecular weight excluding hydrogens is 354 g/mol. The topological polar surface area (TPSA) is 81.5 Å². The Morgan fingerprint density at radius 3 is 2.31 bits per heavy atom. The van der Waals surface area contributed by atoms with E-state index in [9.17, 15) is 13.2 Å². The van der Waals surface area contributed by atoms with Crippen LogP contribution in [0.2, 0.25) is 0 Å². The fourth-order valence-electron chi connectivity index (χ4n) is 3.26. The van der Waals surface area contributed by atoms with E-state index >= 15 is 0 Å². The summed E-state index contributed by atoms with van der Waals surface area (Å²) in [5, 5.41) is 4.22. The molecule has 26 heavy (non-hydrogen) atoms. The molecule has 0 spiro atoms. The number of rotatable bonds is 5. The minimum absolute atomic E-state index is 0.488.